The summed E-state index contributed by atoms with van der Waals surface area (Å²) in [7, 11) is 0. The lowest BCUT2D eigenvalue weighted by Crippen LogP contribution is -2.73. The van der Waals surface area contributed by atoms with E-state index in [-0.39, 0.29) is 12.8 Å². The Hall–Kier alpha value is -1.22. The topological polar surface area (TPSA) is 29.1 Å². The van der Waals surface area contributed by atoms with E-state index in [1.54, 1.807) is 0 Å². The van der Waals surface area contributed by atoms with Crippen molar-refractivity contribution in [3.05, 3.63) is 0 Å². The number of halogens is 15. The molecule has 17 heteroatoms. The quantitative estimate of drug-likeness (QED) is 0.114. The fourth-order valence-electron chi connectivity index (χ4n) is 2.68. The van der Waals surface area contributed by atoms with E-state index in [1.807, 2.05) is 6.92 Å². The molecule has 210 valence electrons. The zero-order chi connectivity index (χ0) is 28.1. The lowest BCUT2D eigenvalue weighted by Gasteiger charge is -2.41. The number of carbonyl (C=O) groups excluding carboxylic acids is 1. The van der Waals surface area contributed by atoms with Crippen molar-refractivity contribution in [3.63, 3.8) is 0 Å². The minimum absolute atomic E-state index is 0.150. The molecule has 1 amide bonds. The number of amides is 1. The molecule has 0 aromatic heterocycles. The van der Waals surface area contributed by atoms with Crippen molar-refractivity contribution in [2.45, 2.75) is 99.2 Å². The summed E-state index contributed by atoms with van der Waals surface area (Å²) in [6, 6.07) is 0. The molecule has 0 spiro atoms. The maximum absolute atomic E-state index is 13.7. The summed E-state index contributed by atoms with van der Waals surface area (Å²) in [6.45, 7) is 1.12. The smallest absolute Gasteiger partial charge is 0.351 e. The first-order valence-corrected chi connectivity index (χ1v) is 10.5. The zero-order valence-corrected chi connectivity index (χ0v) is 18.7. The van der Waals surface area contributed by atoms with Crippen molar-refractivity contribution in [1.29, 1.82) is 0 Å². The maximum atomic E-state index is 13.7. The molecule has 2 nitrogen and oxygen atoms in total. The predicted molar refractivity (Wildman–Crippen MR) is 96.1 cm³/mol. The first-order valence-electron chi connectivity index (χ1n) is 10.1. The molecule has 0 aliphatic rings. The van der Waals surface area contributed by atoms with Crippen LogP contribution in [0.4, 0.5) is 61.5 Å². The Bertz CT molecular complexity index is 693. The molecule has 0 radical (unpaired) electrons. The average Bonchev–Trinajstić information content (AvgIpc) is 2.70. The first kappa shape index (κ1) is 33.8. The number of nitrogens with one attached hydrogen (secondary N) is 1. The highest BCUT2D eigenvalue weighted by Gasteiger charge is 2.93. The lowest BCUT2D eigenvalue weighted by atomic mass is 9.91. The third kappa shape index (κ3) is 6.38. The molecule has 35 heavy (non-hydrogen) atoms. The summed E-state index contributed by atoms with van der Waals surface area (Å²) in [5.74, 6) is -50.0. The van der Waals surface area contributed by atoms with Crippen LogP contribution < -0.4 is 5.32 Å². The summed E-state index contributed by atoms with van der Waals surface area (Å²) < 4.78 is 186. The minimum atomic E-state index is -8.24. The SMILES string of the molecule is CCCCCCCCCCNC(=O)C(F)(F)C(F)(F)C(F)(F)C(F)(F)C(F)(F)C(F)(F)C(F)(F)Cl. The van der Waals surface area contributed by atoms with Gasteiger partial charge in [-0.2, -0.15) is 61.5 Å². The van der Waals surface area contributed by atoms with Crippen LogP contribution in [0.15, 0.2) is 0 Å². The summed E-state index contributed by atoms with van der Waals surface area (Å²) in [6.07, 6.45) is 4.91. The molecule has 0 fully saturated rings. The predicted octanol–water partition coefficient (Wildman–Crippen LogP) is 7.89. The van der Waals surface area contributed by atoms with Gasteiger partial charge in [0, 0.05) is 6.54 Å². The van der Waals surface area contributed by atoms with Gasteiger partial charge in [-0.25, -0.2) is 0 Å². The van der Waals surface area contributed by atoms with Gasteiger partial charge in [-0.05, 0) is 18.0 Å². The second-order valence-corrected chi connectivity index (χ2v) is 8.15. The van der Waals surface area contributed by atoms with Crippen LogP contribution in [0.5, 0.6) is 0 Å². The molecular weight excluding hydrogens is 548 g/mol. The van der Waals surface area contributed by atoms with Crippen molar-refractivity contribution in [3.8, 4) is 0 Å². The van der Waals surface area contributed by atoms with Gasteiger partial charge in [0.1, 0.15) is 0 Å². The molecule has 0 saturated carbocycles. The zero-order valence-electron chi connectivity index (χ0n) is 17.9. The van der Waals surface area contributed by atoms with Gasteiger partial charge in [-0.1, -0.05) is 51.9 Å². The molecule has 0 aliphatic carbocycles. The van der Waals surface area contributed by atoms with E-state index in [0.29, 0.717) is 12.8 Å². The molecule has 0 heterocycles. The van der Waals surface area contributed by atoms with E-state index >= 15 is 0 Å². The summed E-state index contributed by atoms with van der Waals surface area (Å²) in [5, 5.41) is -5.66. The van der Waals surface area contributed by atoms with Crippen molar-refractivity contribution >= 4 is 17.5 Å². The van der Waals surface area contributed by atoms with Gasteiger partial charge in [0.25, 0.3) is 5.91 Å². The van der Waals surface area contributed by atoms with Gasteiger partial charge >= 0.3 is 40.9 Å². The summed E-state index contributed by atoms with van der Waals surface area (Å²) >= 11 is 3.50. The average molecular weight is 570 g/mol. The van der Waals surface area contributed by atoms with Crippen LogP contribution in [0, 0.1) is 0 Å². The lowest BCUT2D eigenvalue weighted by molar-refractivity contribution is -0.431. The molecule has 0 unspecified atom stereocenters. The van der Waals surface area contributed by atoms with Crippen LogP contribution in [0.1, 0.15) is 58.3 Å². The van der Waals surface area contributed by atoms with Crippen molar-refractivity contribution in [2.75, 3.05) is 6.54 Å². The monoisotopic (exact) mass is 569 g/mol. The third-order valence-electron chi connectivity index (χ3n) is 4.93. The van der Waals surface area contributed by atoms with Crippen molar-refractivity contribution in [1.82, 2.24) is 5.32 Å². The normalized spacial score (nSPS) is 14.9. The summed E-state index contributed by atoms with van der Waals surface area (Å²) in [5.41, 5.74) is 0. The standard InChI is InChI=1S/C18H22ClF14NO/c1-2-3-4-5-6-7-8-9-10-34-11(35)12(20,21)13(22,23)14(24,25)15(26,27)16(28,29)17(30,31)18(19,32)33/h2-10H2,1H3,(H,34,35). The van der Waals surface area contributed by atoms with Gasteiger partial charge in [0.2, 0.25) is 0 Å². The number of hydrogen-bond donors (Lipinski definition) is 1. The molecule has 0 aromatic rings. The molecule has 0 saturated heterocycles. The second-order valence-electron chi connectivity index (χ2n) is 7.67. The largest absolute Gasteiger partial charge is 0.393 e. The number of rotatable bonds is 16. The van der Waals surface area contributed by atoms with E-state index < -0.39 is 53.4 Å². The van der Waals surface area contributed by atoms with Gasteiger partial charge in [-0.3, -0.25) is 4.79 Å². The summed E-state index contributed by atoms with van der Waals surface area (Å²) in [4.78, 5) is 11.3. The second kappa shape index (κ2) is 11.4. The highest BCUT2D eigenvalue weighted by Crippen LogP contribution is 2.62. The molecule has 1 N–H and O–H groups in total. The van der Waals surface area contributed by atoms with E-state index in [0.717, 1.165) is 31.0 Å². The molecular formula is C18H22ClF14NO. The Kier molecular flexibility index (Phi) is 11.0. The van der Waals surface area contributed by atoms with Crippen molar-refractivity contribution in [2.24, 2.45) is 0 Å². The fraction of sp³-hybridized carbons (Fsp3) is 0.944. The van der Waals surface area contributed by atoms with Gasteiger partial charge in [0.15, 0.2) is 0 Å². The molecule has 0 atom stereocenters. The number of hydrogen-bond acceptors (Lipinski definition) is 1. The van der Waals surface area contributed by atoms with Crippen LogP contribution in [-0.4, -0.2) is 53.4 Å². The van der Waals surface area contributed by atoms with Crippen molar-refractivity contribution < 1.29 is 66.3 Å². The highest BCUT2D eigenvalue weighted by atomic mass is 35.5. The van der Waals surface area contributed by atoms with E-state index in [9.17, 15) is 66.3 Å². The Morgan fingerprint density at radius 2 is 0.914 bits per heavy atom. The number of unbranched alkanes of at least 4 members (excludes halogenated alkanes) is 7. The molecule has 0 bridgehead atoms. The Morgan fingerprint density at radius 1 is 0.571 bits per heavy atom. The number of alkyl halides is 15. The Balaban J connectivity index is 5.51. The van der Waals surface area contributed by atoms with Gasteiger partial charge in [0.05, 0.1) is 0 Å². The van der Waals surface area contributed by atoms with Crippen LogP contribution in [-0.2, 0) is 4.79 Å². The number of carbonyl (C=O) groups is 1. The first-order chi connectivity index (χ1) is 15.5. The minimum Gasteiger partial charge on any atom is -0.351 e. The molecule has 0 rings (SSSR count). The van der Waals surface area contributed by atoms with E-state index in [2.05, 4.69) is 11.6 Å². The van der Waals surface area contributed by atoms with Gasteiger partial charge in [-0.15, -0.1) is 0 Å². The van der Waals surface area contributed by atoms with E-state index in [4.69, 9.17) is 0 Å². The van der Waals surface area contributed by atoms with Crippen LogP contribution in [0.25, 0.3) is 0 Å². The fourth-order valence-corrected chi connectivity index (χ4v) is 2.80. The van der Waals surface area contributed by atoms with Crippen LogP contribution in [0.2, 0.25) is 0 Å². The third-order valence-corrected chi connectivity index (χ3v) is 5.17. The van der Waals surface area contributed by atoms with E-state index in [1.165, 1.54) is 0 Å². The Labute approximate surface area is 195 Å². The van der Waals surface area contributed by atoms with Crippen LogP contribution in [0.3, 0.4) is 0 Å². The highest BCUT2D eigenvalue weighted by molar-refractivity contribution is 6.22. The van der Waals surface area contributed by atoms with Crippen LogP contribution >= 0.6 is 11.6 Å². The maximum Gasteiger partial charge on any atom is 0.393 e. The molecule has 0 aromatic carbocycles. The van der Waals surface area contributed by atoms with Gasteiger partial charge < -0.3 is 5.32 Å². The molecule has 0 aliphatic heterocycles. The Morgan fingerprint density at radius 3 is 1.31 bits per heavy atom.